The van der Waals surface area contributed by atoms with E-state index in [9.17, 15) is 13.6 Å². The number of halogens is 3. The van der Waals surface area contributed by atoms with Crippen LogP contribution >= 0.6 is 15.9 Å². The molecule has 0 aliphatic heterocycles. The number of anilines is 1. The van der Waals surface area contributed by atoms with Gasteiger partial charge in [0.2, 0.25) is 5.91 Å². The second-order valence-corrected chi connectivity index (χ2v) is 5.03. The van der Waals surface area contributed by atoms with E-state index in [2.05, 4.69) is 31.3 Å². The van der Waals surface area contributed by atoms with Gasteiger partial charge in [0.15, 0.2) is 5.82 Å². The zero-order valence-corrected chi connectivity index (χ0v) is 12.1. The van der Waals surface area contributed by atoms with Gasteiger partial charge in [-0.15, -0.1) is 0 Å². The molecule has 2 aromatic rings. The summed E-state index contributed by atoms with van der Waals surface area (Å²) in [4.78, 5) is 15.7. The van der Waals surface area contributed by atoms with Gasteiger partial charge in [0, 0.05) is 30.0 Å². The van der Waals surface area contributed by atoms with E-state index in [4.69, 9.17) is 0 Å². The molecule has 0 unspecified atom stereocenters. The minimum absolute atomic E-state index is 0.0903. The van der Waals surface area contributed by atoms with Crippen LogP contribution in [-0.2, 0) is 18.3 Å². The van der Waals surface area contributed by atoms with Gasteiger partial charge < -0.3 is 5.32 Å². The molecular formula is C12H11BrF2N4O. The molecule has 20 heavy (non-hydrogen) atoms. The fourth-order valence-electron chi connectivity index (χ4n) is 1.67. The van der Waals surface area contributed by atoms with Gasteiger partial charge in [-0.05, 0) is 27.6 Å². The Bertz CT molecular complexity index is 630. The number of aryl methyl sites for hydroxylation is 1. The molecule has 5 nitrogen and oxygen atoms in total. The zero-order valence-electron chi connectivity index (χ0n) is 10.5. The van der Waals surface area contributed by atoms with E-state index in [0.717, 1.165) is 15.2 Å². The normalized spacial score (nSPS) is 10.8. The summed E-state index contributed by atoms with van der Waals surface area (Å²) in [7, 11) is 1.40. The van der Waals surface area contributed by atoms with E-state index in [1.54, 1.807) is 18.5 Å². The number of hydrogen-bond donors (Lipinski definition) is 1. The summed E-state index contributed by atoms with van der Waals surface area (Å²) in [6.45, 7) is 0. The third-order valence-electron chi connectivity index (χ3n) is 2.53. The summed E-state index contributed by atoms with van der Waals surface area (Å²) in [6, 6.07) is 2.91. The van der Waals surface area contributed by atoms with Crippen molar-refractivity contribution in [1.82, 2.24) is 14.8 Å². The van der Waals surface area contributed by atoms with Gasteiger partial charge in [-0.1, -0.05) is 0 Å². The SMILES string of the molecule is Cn1nc(NC(=O)Cc2cncc(Br)c2)cc1C(F)F. The van der Waals surface area contributed by atoms with Crippen molar-refractivity contribution in [3.8, 4) is 0 Å². The van der Waals surface area contributed by atoms with E-state index >= 15 is 0 Å². The van der Waals surface area contributed by atoms with Gasteiger partial charge in [0.25, 0.3) is 6.43 Å². The summed E-state index contributed by atoms with van der Waals surface area (Å²) < 4.78 is 27.0. The molecule has 0 aliphatic carbocycles. The lowest BCUT2D eigenvalue weighted by atomic mass is 10.2. The molecule has 1 amide bonds. The van der Waals surface area contributed by atoms with Crippen LogP contribution in [0.25, 0.3) is 0 Å². The Morgan fingerprint density at radius 3 is 2.80 bits per heavy atom. The maximum absolute atomic E-state index is 12.6. The molecule has 0 saturated heterocycles. The quantitative estimate of drug-likeness (QED) is 0.927. The van der Waals surface area contributed by atoms with Gasteiger partial charge in [-0.25, -0.2) is 8.78 Å². The number of rotatable bonds is 4. The lowest BCUT2D eigenvalue weighted by Gasteiger charge is -2.02. The molecule has 0 aliphatic rings. The van der Waals surface area contributed by atoms with Gasteiger partial charge in [-0.3, -0.25) is 14.5 Å². The topological polar surface area (TPSA) is 59.8 Å². The lowest BCUT2D eigenvalue weighted by Crippen LogP contribution is -2.15. The highest BCUT2D eigenvalue weighted by atomic mass is 79.9. The van der Waals surface area contributed by atoms with Gasteiger partial charge >= 0.3 is 0 Å². The summed E-state index contributed by atoms with van der Waals surface area (Å²) in [5.41, 5.74) is 0.464. The second-order valence-electron chi connectivity index (χ2n) is 4.12. The Morgan fingerprint density at radius 1 is 1.45 bits per heavy atom. The van der Waals surface area contributed by atoms with Crippen LogP contribution in [0.2, 0.25) is 0 Å². The van der Waals surface area contributed by atoms with Crippen molar-refractivity contribution in [3.63, 3.8) is 0 Å². The Hall–Kier alpha value is -1.83. The maximum Gasteiger partial charge on any atom is 0.280 e. The number of carbonyl (C=O) groups is 1. The first-order chi connectivity index (χ1) is 9.45. The second kappa shape index (κ2) is 6.08. The molecular weight excluding hydrogens is 334 g/mol. The molecule has 0 radical (unpaired) electrons. The Kier molecular flexibility index (Phi) is 4.43. The number of hydrogen-bond acceptors (Lipinski definition) is 3. The highest BCUT2D eigenvalue weighted by molar-refractivity contribution is 9.10. The van der Waals surface area contributed by atoms with Crippen LogP contribution in [0.3, 0.4) is 0 Å². The van der Waals surface area contributed by atoms with Gasteiger partial charge in [-0.2, -0.15) is 5.10 Å². The highest BCUT2D eigenvalue weighted by Gasteiger charge is 2.15. The molecule has 0 aromatic carbocycles. The van der Waals surface area contributed by atoms with Crippen LogP contribution in [-0.4, -0.2) is 20.7 Å². The van der Waals surface area contributed by atoms with Crippen molar-refractivity contribution in [3.05, 3.63) is 40.3 Å². The molecule has 2 rings (SSSR count). The molecule has 0 bridgehead atoms. The van der Waals surface area contributed by atoms with Crippen molar-refractivity contribution in [2.75, 3.05) is 5.32 Å². The Labute approximate surface area is 122 Å². The van der Waals surface area contributed by atoms with Crippen molar-refractivity contribution >= 4 is 27.7 Å². The number of pyridine rings is 1. The fraction of sp³-hybridized carbons (Fsp3) is 0.250. The molecule has 0 fully saturated rings. The minimum Gasteiger partial charge on any atom is -0.309 e. The number of aromatic nitrogens is 3. The summed E-state index contributed by atoms with van der Waals surface area (Å²) in [5, 5.41) is 6.29. The smallest absolute Gasteiger partial charge is 0.280 e. The van der Waals surface area contributed by atoms with Crippen LogP contribution < -0.4 is 5.32 Å². The zero-order chi connectivity index (χ0) is 14.7. The standard InChI is InChI=1S/C12H11BrF2N4O/c1-19-9(12(14)15)4-10(18-19)17-11(20)3-7-2-8(13)6-16-5-7/h2,4-6,12H,3H2,1H3,(H,17,18,20). The molecule has 0 atom stereocenters. The first kappa shape index (κ1) is 14.6. The molecule has 2 heterocycles. The van der Waals surface area contributed by atoms with E-state index < -0.39 is 6.43 Å². The summed E-state index contributed by atoms with van der Waals surface area (Å²) >= 11 is 3.25. The van der Waals surface area contributed by atoms with Crippen molar-refractivity contribution in [2.24, 2.45) is 7.05 Å². The molecule has 1 N–H and O–H groups in total. The number of alkyl halides is 2. The summed E-state index contributed by atoms with van der Waals surface area (Å²) in [6.07, 6.45) is 0.627. The Morgan fingerprint density at radius 2 is 2.20 bits per heavy atom. The number of amides is 1. The van der Waals surface area contributed by atoms with Crippen LogP contribution in [0, 0.1) is 0 Å². The third-order valence-corrected chi connectivity index (χ3v) is 2.97. The average molecular weight is 345 g/mol. The van der Waals surface area contributed by atoms with Crippen molar-refractivity contribution < 1.29 is 13.6 Å². The predicted octanol–water partition coefficient (Wildman–Crippen LogP) is 2.70. The first-order valence-electron chi connectivity index (χ1n) is 5.67. The summed E-state index contributed by atoms with van der Waals surface area (Å²) in [5.74, 6) is -0.237. The maximum atomic E-state index is 12.6. The number of carbonyl (C=O) groups excluding carboxylic acids is 1. The van der Waals surface area contributed by atoms with E-state index in [1.165, 1.54) is 7.05 Å². The highest BCUT2D eigenvalue weighted by Crippen LogP contribution is 2.21. The molecule has 2 aromatic heterocycles. The van der Waals surface area contributed by atoms with E-state index in [1.807, 2.05) is 0 Å². The van der Waals surface area contributed by atoms with Gasteiger partial charge in [0.05, 0.1) is 6.42 Å². The van der Waals surface area contributed by atoms with Crippen LogP contribution in [0.4, 0.5) is 14.6 Å². The fourth-order valence-corrected chi connectivity index (χ4v) is 2.08. The van der Waals surface area contributed by atoms with Gasteiger partial charge in [0.1, 0.15) is 5.69 Å². The molecule has 8 heteroatoms. The number of nitrogens with zero attached hydrogens (tertiary/aromatic N) is 3. The van der Waals surface area contributed by atoms with Crippen LogP contribution in [0.5, 0.6) is 0 Å². The van der Waals surface area contributed by atoms with Crippen LogP contribution in [0.15, 0.2) is 29.0 Å². The first-order valence-corrected chi connectivity index (χ1v) is 6.46. The monoisotopic (exact) mass is 344 g/mol. The lowest BCUT2D eigenvalue weighted by molar-refractivity contribution is -0.115. The van der Waals surface area contributed by atoms with E-state index in [0.29, 0.717) is 5.56 Å². The predicted molar refractivity (Wildman–Crippen MR) is 72.4 cm³/mol. The third kappa shape index (κ3) is 3.60. The average Bonchev–Trinajstić information content (AvgIpc) is 2.70. The Balaban J connectivity index is 2.03. The van der Waals surface area contributed by atoms with Crippen LogP contribution in [0.1, 0.15) is 17.7 Å². The molecule has 106 valence electrons. The van der Waals surface area contributed by atoms with Crippen molar-refractivity contribution in [1.29, 1.82) is 0 Å². The molecule has 0 saturated carbocycles. The molecule has 0 spiro atoms. The van der Waals surface area contributed by atoms with Crippen molar-refractivity contribution in [2.45, 2.75) is 12.8 Å². The number of nitrogens with one attached hydrogen (secondary N) is 1. The largest absolute Gasteiger partial charge is 0.309 e. The minimum atomic E-state index is -2.63. The van der Waals surface area contributed by atoms with E-state index in [-0.39, 0.29) is 23.8 Å².